The first kappa shape index (κ1) is 33.5. The fourth-order valence-electron chi connectivity index (χ4n) is 4.89. The van der Waals surface area contributed by atoms with E-state index < -0.39 is 53.6 Å². The topological polar surface area (TPSA) is 172 Å². The maximum absolute atomic E-state index is 13.5. The quantitative estimate of drug-likeness (QED) is 0.180. The summed E-state index contributed by atoms with van der Waals surface area (Å²) in [5.41, 5.74) is 0.793. The smallest absolute Gasteiger partial charge is 0.408 e. The molecule has 0 bridgehead atoms. The Labute approximate surface area is 252 Å². The number of alkyl carbamates (subject to hydrolysis) is 1. The van der Waals surface area contributed by atoms with Gasteiger partial charge in [0.05, 0.1) is 6.04 Å². The summed E-state index contributed by atoms with van der Waals surface area (Å²) in [5, 5.41) is 13.4. The van der Waals surface area contributed by atoms with Crippen LogP contribution in [0.15, 0.2) is 30.3 Å². The van der Waals surface area contributed by atoms with Crippen LogP contribution in [-0.2, 0) is 35.3 Å². The van der Waals surface area contributed by atoms with Crippen LogP contribution in [0.4, 0.5) is 4.79 Å². The molecule has 2 fully saturated rings. The fraction of sp³-hybridized carbons (Fsp3) is 0.613. The molecule has 3 rings (SSSR count). The number of carbonyl (C=O) groups excluding carboxylic acids is 6. The zero-order valence-corrected chi connectivity index (χ0v) is 25.4. The predicted molar refractivity (Wildman–Crippen MR) is 158 cm³/mol. The molecular weight excluding hydrogens is 554 g/mol. The number of nitrogens with one attached hydrogen (secondary N) is 5. The number of Topliss-reactive ketones (excluding diaryl/α,β-unsaturated/α-hetero) is 1. The van der Waals surface area contributed by atoms with Crippen molar-refractivity contribution >= 4 is 35.5 Å². The molecule has 1 aromatic carbocycles. The van der Waals surface area contributed by atoms with Crippen LogP contribution in [0.3, 0.4) is 0 Å². The van der Waals surface area contributed by atoms with Crippen LogP contribution in [-0.4, -0.2) is 66.2 Å². The second kappa shape index (κ2) is 16.0. The van der Waals surface area contributed by atoms with Crippen molar-refractivity contribution < 1.29 is 33.5 Å². The van der Waals surface area contributed by atoms with E-state index in [9.17, 15) is 28.8 Å². The Bertz CT molecular complexity index is 1150. The summed E-state index contributed by atoms with van der Waals surface area (Å²) < 4.78 is 5.30. The molecule has 0 spiro atoms. The predicted octanol–water partition coefficient (Wildman–Crippen LogP) is 1.72. The number of carbonyl (C=O) groups is 6. The molecular formula is C31H45N5O7. The zero-order chi connectivity index (χ0) is 31.5. The van der Waals surface area contributed by atoms with Gasteiger partial charge in [0.15, 0.2) is 0 Å². The highest BCUT2D eigenvalue weighted by molar-refractivity contribution is 6.38. The second-order valence-corrected chi connectivity index (χ2v) is 12.3. The van der Waals surface area contributed by atoms with Crippen molar-refractivity contribution in [2.45, 2.75) is 97.0 Å². The molecule has 0 radical (unpaired) electrons. The molecule has 5 amide bonds. The molecule has 1 aliphatic carbocycles. The summed E-state index contributed by atoms with van der Waals surface area (Å²) in [6.07, 6.45) is 1.80. The average Bonchev–Trinajstić information content (AvgIpc) is 3.68. The molecule has 2 aliphatic rings. The minimum absolute atomic E-state index is 0.0173. The number of ketones is 1. The molecule has 12 nitrogen and oxygen atoms in total. The van der Waals surface area contributed by atoms with Gasteiger partial charge in [-0.25, -0.2) is 4.79 Å². The van der Waals surface area contributed by atoms with Crippen molar-refractivity contribution in [1.82, 2.24) is 26.6 Å². The molecule has 0 unspecified atom stereocenters. The molecule has 4 atom stereocenters. The summed E-state index contributed by atoms with van der Waals surface area (Å²) in [5.74, 6) is -3.58. The van der Waals surface area contributed by atoms with Gasteiger partial charge in [-0.1, -0.05) is 58.0 Å². The standard InChI is InChI=1S/C31H45N5O7/c1-18(2)14-24(35-29(40)25(15-19(3)4)36-31(42)43-17-20-8-6-5-7-9-20)28(39)34-23(16-21-12-13-32-27(21)38)26(37)30(41)33-22-10-11-22/h5-9,18-19,21-25H,10-17H2,1-4H3,(H,32,38)(H,33,41)(H,34,39)(H,35,40)(H,36,42)/t21-,23-,24-,25-/m0/s1. The van der Waals surface area contributed by atoms with E-state index in [1.54, 1.807) is 0 Å². The first-order valence-electron chi connectivity index (χ1n) is 15.1. The summed E-state index contributed by atoms with van der Waals surface area (Å²) in [4.78, 5) is 77.5. The number of hydrogen-bond donors (Lipinski definition) is 5. The van der Waals surface area contributed by atoms with Crippen LogP contribution in [0.25, 0.3) is 0 Å². The van der Waals surface area contributed by atoms with Crippen molar-refractivity contribution in [1.29, 1.82) is 0 Å². The van der Waals surface area contributed by atoms with Gasteiger partial charge in [-0.05, 0) is 55.9 Å². The van der Waals surface area contributed by atoms with Crippen LogP contribution in [0, 0.1) is 17.8 Å². The van der Waals surface area contributed by atoms with Gasteiger partial charge in [-0.15, -0.1) is 0 Å². The highest BCUT2D eigenvalue weighted by Crippen LogP contribution is 2.20. The minimum Gasteiger partial charge on any atom is -0.445 e. The Morgan fingerprint density at radius 3 is 1.95 bits per heavy atom. The molecule has 1 saturated carbocycles. The zero-order valence-electron chi connectivity index (χ0n) is 25.4. The molecule has 1 heterocycles. The molecule has 1 aromatic rings. The SMILES string of the molecule is CC(C)C[C@H](NC(=O)OCc1ccccc1)C(=O)N[C@@H](CC(C)C)C(=O)N[C@@H](C[C@@H]1CCNC1=O)C(=O)C(=O)NC1CC1. The molecule has 1 saturated heterocycles. The Hall–Kier alpha value is -3.96. The van der Waals surface area contributed by atoms with Gasteiger partial charge in [0, 0.05) is 18.5 Å². The van der Waals surface area contributed by atoms with Crippen LogP contribution < -0.4 is 26.6 Å². The third-order valence-corrected chi connectivity index (χ3v) is 7.32. The van der Waals surface area contributed by atoms with Gasteiger partial charge < -0.3 is 31.3 Å². The van der Waals surface area contributed by atoms with Crippen molar-refractivity contribution in [3.63, 3.8) is 0 Å². The van der Waals surface area contributed by atoms with E-state index in [1.807, 2.05) is 58.0 Å². The van der Waals surface area contributed by atoms with Crippen molar-refractivity contribution in [2.75, 3.05) is 6.54 Å². The van der Waals surface area contributed by atoms with E-state index in [0.29, 0.717) is 19.4 Å². The van der Waals surface area contributed by atoms with Gasteiger partial charge >= 0.3 is 6.09 Å². The maximum Gasteiger partial charge on any atom is 0.408 e. The van der Waals surface area contributed by atoms with E-state index in [4.69, 9.17) is 4.74 Å². The number of rotatable bonds is 16. The summed E-state index contributed by atoms with van der Waals surface area (Å²) >= 11 is 0. The Morgan fingerprint density at radius 2 is 1.42 bits per heavy atom. The van der Waals surface area contributed by atoms with Gasteiger partial charge in [-0.3, -0.25) is 24.0 Å². The summed E-state index contributed by atoms with van der Waals surface area (Å²) in [6, 6.07) is 5.81. The first-order valence-corrected chi connectivity index (χ1v) is 15.1. The number of benzene rings is 1. The molecule has 1 aliphatic heterocycles. The van der Waals surface area contributed by atoms with E-state index in [-0.39, 0.29) is 43.2 Å². The summed E-state index contributed by atoms with van der Waals surface area (Å²) in [7, 11) is 0. The molecule has 43 heavy (non-hydrogen) atoms. The maximum atomic E-state index is 13.5. The lowest BCUT2D eigenvalue weighted by Crippen LogP contribution is -2.57. The highest BCUT2D eigenvalue weighted by Gasteiger charge is 2.37. The van der Waals surface area contributed by atoms with Gasteiger partial charge in [-0.2, -0.15) is 0 Å². The van der Waals surface area contributed by atoms with Gasteiger partial charge in [0.25, 0.3) is 5.91 Å². The van der Waals surface area contributed by atoms with Crippen molar-refractivity contribution in [3.8, 4) is 0 Å². The molecule has 5 N–H and O–H groups in total. The fourth-order valence-corrected chi connectivity index (χ4v) is 4.89. The molecule has 0 aromatic heterocycles. The van der Waals surface area contributed by atoms with E-state index in [1.165, 1.54) is 0 Å². The van der Waals surface area contributed by atoms with Crippen molar-refractivity contribution in [2.24, 2.45) is 17.8 Å². The Morgan fingerprint density at radius 1 is 0.837 bits per heavy atom. The largest absolute Gasteiger partial charge is 0.445 e. The van der Waals surface area contributed by atoms with E-state index >= 15 is 0 Å². The highest BCUT2D eigenvalue weighted by atomic mass is 16.5. The Balaban J connectivity index is 1.69. The second-order valence-electron chi connectivity index (χ2n) is 12.3. The lowest BCUT2D eigenvalue weighted by atomic mass is 9.94. The number of amides is 5. The van der Waals surface area contributed by atoms with Crippen molar-refractivity contribution in [3.05, 3.63) is 35.9 Å². The van der Waals surface area contributed by atoms with E-state index in [0.717, 1.165) is 18.4 Å². The van der Waals surface area contributed by atoms with E-state index in [2.05, 4.69) is 26.6 Å². The van der Waals surface area contributed by atoms with Crippen LogP contribution in [0.1, 0.15) is 71.8 Å². The number of hydrogen-bond acceptors (Lipinski definition) is 7. The number of ether oxygens (including phenoxy) is 1. The summed E-state index contributed by atoms with van der Waals surface area (Å²) in [6.45, 7) is 8.05. The Kier molecular flexibility index (Phi) is 12.5. The van der Waals surface area contributed by atoms with Crippen LogP contribution >= 0.6 is 0 Å². The minimum atomic E-state index is -1.23. The monoisotopic (exact) mass is 599 g/mol. The third-order valence-electron chi connectivity index (χ3n) is 7.32. The molecule has 12 heteroatoms. The van der Waals surface area contributed by atoms with Crippen LogP contribution in [0.5, 0.6) is 0 Å². The van der Waals surface area contributed by atoms with Gasteiger partial charge in [0.2, 0.25) is 23.5 Å². The molecule has 236 valence electrons. The normalized spacial score (nSPS) is 18.3. The lowest BCUT2D eigenvalue weighted by molar-refractivity contribution is -0.141. The van der Waals surface area contributed by atoms with Crippen LogP contribution in [0.2, 0.25) is 0 Å². The van der Waals surface area contributed by atoms with Gasteiger partial charge in [0.1, 0.15) is 18.7 Å². The average molecular weight is 600 g/mol. The third kappa shape index (κ3) is 11.3. The first-order chi connectivity index (χ1) is 20.4. The lowest BCUT2D eigenvalue weighted by Gasteiger charge is -2.27.